The van der Waals surface area contributed by atoms with Gasteiger partial charge in [0.1, 0.15) is 28.8 Å². The molecule has 1 saturated heterocycles. The molecule has 180 valence electrons. The Hall–Kier alpha value is -3.11. The summed E-state index contributed by atoms with van der Waals surface area (Å²) >= 11 is 1.38. The van der Waals surface area contributed by atoms with Gasteiger partial charge in [-0.15, -0.1) is 11.3 Å². The molecule has 0 radical (unpaired) electrons. The Morgan fingerprint density at radius 1 is 1.26 bits per heavy atom. The molecule has 2 aromatic heterocycles. The summed E-state index contributed by atoms with van der Waals surface area (Å²) in [6.07, 6.45) is 1.53. The number of nitrogens with zero attached hydrogens (tertiary/aromatic N) is 3. The molecule has 0 saturated carbocycles. The molecule has 4 rings (SSSR count). The van der Waals surface area contributed by atoms with Gasteiger partial charge in [0.25, 0.3) is 5.91 Å². The number of H-pyrrole nitrogens is 1. The molecule has 3 aromatic rings. The lowest BCUT2D eigenvalue weighted by atomic mass is 9.90. The van der Waals surface area contributed by atoms with Crippen molar-refractivity contribution in [2.75, 3.05) is 26.8 Å². The molecule has 0 bridgehead atoms. The first-order chi connectivity index (χ1) is 16.4. The minimum atomic E-state index is -0.323. The second-order valence-electron chi connectivity index (χ2n) is 8.62. The van der Waals surface area contributed by atoms with Crippen molar-refractivity contribution >= 4 is 23.2 Å². The number of hydrogen-bond acceptors (Lipinski definition) is 6. The van der Waals surface area contributed by atoms with Crippen molar-refractivity contribution in [3.8, 4) is 21.8 Å². The standard InChI is InChI=1S/C24H28FN5O3S/c1-14(2)26-23(32)18-13-34-24(27-18)20-21(15-4-6-17(25)7-5-15)28-29-22(20)16-8-10-30(11-9-16)19(31)12-33-3/h4-7,13-14,16H,8-12H2,1-3H3,(H,26,32)(H,28,29). The lowest BCUT2D eigenvalue weighted by Gasteiger charge is -2.31. The molecular weight excluding hydrogens is 457 g/mol. The third-order valence-corrected chi connectivity index (χ3v) is 6.67. The molecule has 1 fully saturated rings. The summed E-state index contributed by atoms with van der Waals surface area (Å²) in [5.74, 6) is -0.425. The molecule has 1 aromatic carbocycles. The summed E-state index contributed by atoms with van der Waals surface area (Å²) in [4.78, 5) is 31.1. The molecule has 0 unspecified atom stereocenters. The quantitative estimate of drug-likeness (QED) is 0.530. The van der Waals surface area contributed by atoms with Crippen LogP contribution in [0.5, 0.6) is 0 Å². The highest BCUT2D eigenvalue weighted by Gasteiger charge is 2.30. The maximum atomic E-state index is 13.6. The number of piperidine rings is 1. The highest BCUT2D eigenvalue weighted by molar-refractivity contribution is 7.13. The van der Waals surface area contributed by atoms with Gasteiger partial charge in [0.2, 0.25) is 5.91 Å². The van der Waals surface area contributed by atoms with Gasteiger partial charge in [0, 0.05) is 48.8 Å². The lowest BCUT2D eigenvalue weighted by Crippen LogP contribution is -2.39. The Kier molecular flexibility index (Phi) is 7.38. The van der Waals surface area contributed by atoms with Gasteiger partial charge in [-0.25, -0.2) is 9.37 Å². The van der Waals surface area contributed by atoms with E-state index >= 15 is 0 Å². The van der Waals surface area contributed by atoms with Gasteiger partial charge in [-0.2, -0.15) is 5.10 Å². The van der Waals surface area contributed by atoms with E-state index in [9.17, 15) is 14.0 Å². The number of ether oxygens (including phenoxy) is 1. The number of nitrogens with one attached hydrogen (secondary N) is 2. The summed E-state index contributed by atoms with van der Waals surface area (Å²) < 4.78 is 18.5. The number of likely N-dealkylation sites (tertiary alicyclic amines) is 1. The summed E-state index contributed by atoms with van der Waals surface area (Å²) in [7, 11) is 1.52. The fraction of sp³-hybridized carbons (Fsp3) is 0.417. The van der Waals surface area contributed by atoms with Gasteiger partial charge < -0.3 is 15.0 Å². The molecule has 8 nitrogen and oxygen atoms in total. The van der Waals surface area contributed by atoms with Gasteiger partial charge >= 0.3 is 0 Å². The molecule has 2 N–H and O–H groups in total. The number of aromatic amines is 1. The first-order valence-electron chi connectivity index (χ1n) is 11.2. The number of rotatable bonds is 7. The predicted octanol–water partition coefficient (Wildman–Crippen LogP) is 3.83. The number of halogens is 1. The van der Waals surface area contributed by atoms with E-state index in [-0.39, 0.29) is 36.2 Å². The van der Waals surface area contributed by atoms with Crippen LogP contribution in [0, 0.1) is 5.82 Å². The largest absolute Gasteiger partial charge is 0.375 e. The van der Waals surface area contributed by atoms with E-state index in [1.54, 1.807) is 17.5 Å². The maximum absolute atomic E-state index is 13.6. The van der Waals surface area contributed by atoms with Crippen LogP contribution in [0.4, 0.5) is 4.39 Å². The van der Waals surface area contributed by atoms with Crippen molar-refractivity contribution < 1.29 is 18.7 Å². The molecule has 0 spiro atoms. The van der Waals surface area contributed by atoms with Crippen LogP contribution in [0.25, 0.3) is 21.8 Å². The molecule has 1 aliphatic rings. The average molecular weight is 486 g/mol. The smallest absolute Gasteiger partial charge is 0.270 e. The van der Waals surface area contributed by atoms with Crippen LogP contribution in [-0.2, 0) is 9.53 Å². The van der Waals surface area contributed by atoms with Crippen molar-refractivity contribution in [1.29, 1.82) is 0 Å². The summed E-state index contributed by atoms with van der Waals surface area (Å²) in [6.45, 7) is 5.12. The molecular formula is C24H28FN5O3S. The highest BCUT2D eigenvalue weighted by Crippen LogP contribution is 2.41. The van der Waals surface area contributed by atoms with E-state index in [1.165, 1.54) is 30.6 Å². The van der Waals surface area contributed by atoms with Crippen molar-refractivity contribution in [2.24, 2.45) is 0 Å². The fourth-order valence-electron chi connectivity index (χ4n) is 4.15. The Morgan fingerprint density at radius 3 is 2.62 bits per heavy atom. The van der Waals surface area contributed by atoms with E-state index in [4.69, 9.17) is 4.74 Å². The minimum Gasteiger partial charge on any atom is -0.375 e. The van der Waals surface area contributed by atoms with Gasteiger partial charge in [-0.05, 0) is 51.0 Å². The number of hydrogen-bond donors (Lipinski definition) is 2. The third kappa shape index (κ3) is 5.18. The van der Waals surface area contributed by atoms with Gasteiger partial charge in [0.15, 0.2) is 0 Å². The Bertz CT molecular complexity index is 1150. The predicted molar refractivity (Wildman–Crippen MR) is 128 cm³/mol. The first-order valence-corrected chi connectivity index (χ1v) is 12.1. The number of carbonyl (C=O) groups is 2. The SMILES string of the molecule is COCC(=O)N1CCC(c2[nH]nc(-c3ccc(F)cc3)c2-c2nc(C(=O)NC(C)C)cs2)CC1. The first kappa shape index (κ1) is 24.0. The van der Waals surface area contributed by atoms with E-state index in [1.807, 2.05) is 18.7 Å². The topological polar surface area (TPSA) is 100 Å². The zero-order valence-corrected chi connectivity index (χ0v) is 20.2. The fourth-order valence-corrected chi connectivity index (χ4v) is 5.00. The van der Waals surface area contributed by atoms with E-state index < -0.39 is 0 Å². The molecule has 34 heavy (non-hydrogen) atoms. The molecule has 10 heteroatoms. The van der Waals surface area contributed by atoms with Crippen LogP contribution in [0.3, 0.4) is 0 Å². The van der Waals surface area contributed by atoms with Crippen molar-refractivity contribution in [2.45, 2.75) is 38.6 Å². The molecule has 0 aliphatic carbocycles. The number of amides is 2. The number of thiazole rings is 1. The normalized spacial score (nSPS) is 14.6. The van der Waals surface area contributed by atoms with Crippen LogP contribution in [0.15, 0.2) is 29.6 Å². The Morgan fingerprint density at radius 2 is 1.97 bits per heavy atom. The maximum Gasteiger partial charge on any atom is 0.270 e. The number of benzene rings is 1. The second-order valence-corrected chi connectivity index (χ2v) is 9.48. The zero-order chi connectivity index (χ0) is 24.2. The number of methoxy groups -OCH3 is 1. The molecule has 1 aliphatic heterocycles. The number of carbonyl (C=O) groups excluding carboxylic acids is 2. The monoisotopic (exact) mass is 485 g/mol. The van der Waals surface area contributed by atoms with Crippen LogP contribution < -0.4 is 5.32 Å². The van der Waals surface area contributed by atoms with Crippen LogP contribution in [0.2, 0.25) is 0 Å². The average Bonchev–Trinajstić information content (AvgIpc) is 3.47. The molecule has 2 amide bonds. The van der Waals surface area contributed by atoms with Gasteiger partial charge in [-0.1, -0.05) is 0 Å². The number of aromatic nitrogens is 3. The summed E-state index contributed by atoms with van der Waals surface area (Å²) in [5.41, 5.74) is 3.52. The van der Waals surface area contributed by atoms with Crippen molar-refractivity contribution in [1.82, 2.24) is 25.4 Å². The molecule has 0 atom stereocenters. The van der Waals surface area contributed by atoms with Gasteiger partial charge in [0.05, 0.1) is 5.56 Å². The zero-order valence-electron chi connectivity index (χ0n) is 19.4. The minimum absolute atomic E-state index is 0.00270. The second kappa shape index (κ2) is 10.4. The van der Waals surface area contributed by atoms with E-state index in [2.05, 4.69) is 20.5 Å². The third-order valence-electron chi connectivity index (χ3n) is 5.81. The summed E-state index contributed by atoms with van der Waals surface area (Å²) in [6, 6.07) is 6.17. The van der Waals surface area contributed by atoms with Gasteiger partial charge in [-0.3, -0.25) is 14.7 Å². The summed E-state index contributed by atoms with van der Waals surface area (Å²) in [5, 5.41) is 13.0. The Labute approximate surface area is 201 Å². The van der Waals surface area contributed by atoms with E-state index in [0.29, 0.717) is 29.5 Å². The van der Waals surface area contributed by atoms with Crippen LogP contribution >= 0.6 is 11.3 Å². The Balaban J connectivity index is 1.67. The van der Waals surface area contributed by atoms with Crippen molar-refractivity contribution in [3.05, 3.63) is 46.9 Å². The van der Waals surface area contributed by atoms with Crippen LogP contribution in [0.1, 0.15) is 48.8 Å². The van der Waals surface area contributed by atoms with E-state index in [0.717, 1.165) is 29.7 Å². The highest BCUT2D eigenvalue weighted by atomic mass is 32.1. The van der Waals surface area contributed by atoms with Crippen LogP contribution in [-0.4, -0.2) is 64.7 Å². The van der Waals surface area contributed by atoms with Crippen molar-refractivity contribution in [3.63, 3.8) is 0 Å². The molecule has 3 heterocycles. The lowest BCUT2D eigenvalue weighted by molar-refractivity contribution is -0.136.